The molecule has 0 amide bonds. The van der Waals surface area contributed by atoms with Crippen LogP contribution >= 0.6 is 15.9 Å². The summed E-state index contributed by atoms with van der Waals surface area (Å²) in [6, 6.07) is 50.3. The summed E-state index contributed by atoms with van der Waals surface area (Å²) in [6.07, 6.45) is 0. The molecule has 0 unspecified atom stereocenters. The van der Waals surface area contributed by atoms with Gasteiger partial charge in [0.15, 0.2) is 0 Å². The van der Waals surface area contributed by atoms with Crippen molar-refractivity contribution in [1.82, 2.24) is 0 Å². The molecule has 0 aromatic heterocycles. The van der Waals surface area contributed by atoms with Crippen LogP contribution in [0.4, 0.5) is 17.1 Å². The average molecular weight is 681 g/mol. The monoisotopic (exact) mass is 679 g/mol. The molecule has 0 radical (unpaired) electrons. The standard InChI is InChI=1S/C46H34BrN/c1-45(2)37-11-7-5-9-31(37)33-21-17-29(25-39(33)45)48(30-18-22-34-32-10-6-8-12-38(32)46(3,4)40(34)26-30)42-24-16-28-13-19-35-41(47)23-15-27-14-20-36(42)44(28)43(27)35/h5-26H,1-4H3. The maximum absolute atomic E-state index is 3.85. The first-order valence-electron chi connectivity index (χ1n) is 16.9. The number of rotatable bonds is 3. The lowest BCUT2D eigenvalue weighted by molar-refractivity contribution is 0.660. The number of hydrogen-bond acceptors (Lipinski definition) is 1. The van der Waals surface area contributed by atoms with Crippen LogP contribution in [0.25, 0.3) is 54.6 Å². The van der Waals surface area contributed by atoms with Gasteiger partial charge in [0.05, 0.1) is 5.69 Å². The smallest absolute Gasteiger partial charge is 0.0540 e. The predicted octanol–water partition coefficient (Wildman–Crippen LogP) is 13.4. The quantitative estimate of drug-likeness (QED) is 0.168. The Bertz CT molecular complexity index is 2530. The topological polar surface area (TPSA) is 3.24 Å². The van der Waals surface area contributed by atoms with Gasteiger partial charge < -0.3 is 4.90 Å². The molecule has 0 N–H and O–H groups in total. The highest BCUT2D eigenvalue weighted by Gasteiger charge is 2.38. The molecule has 0 atom stereocenters. The third-order valence-corrected chi connectivity index (χ3v) is 12.2. The Hall–Kier alpha value is -4.92. The van der Waals surface area contributed by atoms with Crippen molar-refractivity contribution in [2.24, 2.45) is 0 Å². The van der Waals surface area contributed by atoms with Gasteiger partial charge in [-0.15, -0.1) is 0 Å². The fourth-order valence-electron chi connectivity index (χ4n) is 9.03. The second-order valence-electron chi connectivity index (χ2n) is 14.7. The van der Waals surface area contributed by atoms with Gasteiger partial charge in [-0.1, -0.05) is 141 Å². The van der Waals surface area contributed by atoms with E-state index >= 15 is 0 Å². The first kappa shape index (κ1) is 28.1. The van der Waals surface area contributed by atoms with Crippen molar-refractivity contribution in [3.05, 3.63) is 160 Å². The fourth-order valence-corrected chi connectivity index (χ4v) is 9.50. The number of hydrogen-bond donors (Lipinski definition) is 0. The molecule has 0 aliphatic heterocycles. The predicted molar refractivity (Wildman–Crippen MR) is 208 cm³/mol. The van der Waals surface area contributed by atoms with E-state index in [-0.39, 0.29) is 10.8 Å². The van der Waals surface area contributed by atoms with Gasteiger partial charge in [-0.25, -0.2) is 0 Å². The number of benzene rings is 8. The summed E-state index contributed by atoms with van der Waals surface area (Å²) < 4.78 is 1.13. The zero-order valence-corrected chi connectivity index (χ0v) is 29.1. The Morgan fingerprint density at radius 3 is 1.48 bits per heavy atom. The minimum Gasteiger partial charge on any atom is -0.310 e. The number of halogens is 1. The lowest BCUT2D eigenvalue weighted by Gasteiger charge is -2.31. The second-order valence-corrected chi connectivity index (χ2v) is 15.5. The molecule has 2 aliphatic carbocycles. The van der Waals surface area contributed by atoms with E-state index in [2.05, 4.69) is 182 Å². The van der Waals surface area contributed by atoms with E-state index in [0.717, 1.165) is 4.47 Å². The summed E-state index contributed by atoms with van der Waals surface area (Å²) in [5.74, 6) is 0. The largest absolute Gasteiger partial charge is 0.310 e. The van der Waals surface area contributed by atoms with Crippen LogP contribution in [-0.2, 0) is 10.8 Å². The molecule has 0 bridgehead atoms. The van der Waals surface area contributed by atoms with Crippen LogP contribution in [0.2, 0.25) is 0 Å². The van der Waals surface area contributed by atoms with Crippen LogP contribution < -0.4 is 4.90 Å². The minimum atomic E-state index is -0.0931. The molecule has 0 saturated carbocycles. The van der Waals surface area contributed by atoms with Crippen LogP contribution in [0.3, 0.4) is 0 Å². The van der Waals surface area contributed by atoms with Crippen LogP contribution in [0, 0.1) is 0 Å². The zero-order valence-electron chi connectivity index (χ0n) is 27.5. The molecule has 0 saturated heterocycles. The molecule has 8 aromatic carbocycles. The van der Waals surface area contributed by atoms with E-state index in [0.29, 0.717) is 0 Å². The summed E-state index contributed by atoms with van der Waals surface area (Å²) in [6.45, 7) is 9.48. The number of fused-ring (bicyclic) bond motifs is 6. The minimum absolute atomic E-state index is 0.0931. The maximum Gasteiger partial charge on any atom is 0.0540 e. The molecule has 2 aliphatic rings. The molecule has 0 heterocycles. The van der Waals surface area contributed by atoms with Gasteiger partial charge in [0.2, 0.25) is 0 Å². The Morgan fingerprint density at radius 1 is 0.438 bits per heavy atom. The third kappa shape index (κ3) is 3.62. The average Bonchev–Trinajstić information content (AvgIpc) is 3.48. The molecular weight excluding hydrogens is 646 g/mol. The Morgan fingerprint density at radius 2 is 0.896 bits per heavy atom. The molecule has 2 heteroatoms. The van der Waals surface area contributed by atoms with Crippen molar-refractivity contribution in [3.8, 4) is 22.3 Å². The second kappa shape index (κ2) is 9.58. The normalized spacial score (nSPS) is 15.1. The van der Waals surface area contributed by atoms with Crippen molar-refractivity contribution in [2.45, 2.75) is 38.5 Å². The van der Waals surface area contributed by atoms with E-state index in [1.165, 1.54) is 93.9 Å². The molecule has 230 valence electrons. The summed E-state index contributed by atoms with van der Waals surface area (Å²) in [4.78, 5) is 2.51. The molecule has 1 nitrogen and oxygen atoms in total. The Labute approximate surface area is 289 Å². The van der Waals surface area contributed by atoms with Gasteiger partial charge in [0.25, 0.3) is 0 Å². The summed E-state index contributed by atoms with van der Waals surface area (Å²) in [7, 11) is 0. The molecule has 0 fully saturated rings. The lowest BCUT2D eigenvalue weighted by atomic mass is 9.82. The van der Waals surface area contributed by atoms with Crippen molar-refractivity contribution in [2.75, 3.05) is 4.90 Å². The van der Waals surface area contributed by atoms with Crippen LogP contribution in [-0.4, -0.2) is 0 Å². The third-order valence-electron chi connectivity index (χ3n) is 11.5. The van der Waals surface area contributed by atoms with Gasteiger partial charge in [0.1, 0.15) is 0 Å². The molecule has 0 spiro atoms. The highest BCUT2D eigenvalue weighted by atomic mass is 79.9. The van der Waals surface area contributed by atoms with Crippen LogP contribution in [0.5, 0.6) is 0 Å². The lowest BCUT2D eigenvalue weighted by Crippen LogP contribution is -2.18. The highest BCUT2D eigenvalue weighted by Crippen LogP contribution is 2.54. The Kier molecular flexibility index (Phi) is 5.62. The SMILES string of the molecule is CC1(C)c2ccccc2-c2ccc(N(c3ccc4c(c3)C(C)(C)c3ccccc3-4)c3ccc4ccc5c(Br)ccc6ccc3c4c65)cc21. The molecular formula is C46H34BrN. The maximum atomic E-state index is 3.85. The van der Waals surface area contributed by atoms with Crippen molar-refractivity contribution in [1.29, 1.82) is 0 Å². The number of nitrogens with zero attached hydrogens (tertiary/aromatic N) is 1. The summed E-state index contributed by atoms with van der Waals surface area (Å²) in [5.41, 5.74) is 14.3. The van der Waals surface area contributed by atoms with E-state index in [9.17, 15) is 0 Å². The van der Waals surface area contributed by atoms with Crippen LogP contribution in [0.1, 0.15) is 49.9 Å². The van der Waals surface area contributed by atoms with E-state index in [1.807, 2.05) is 0 Å². The van der Waals surface area contributed by atoms with E-state index in [1.54, 1.807) is 0 Å². The zero-order chi connectivity index (χ0) is 32.5. The summed E-state index contributed by atoms with van der Waals surface area (Å²) in [5, 5.41) is 7.68. The van der Waals surface area contributed by atoms with E-state index in [4.69, 9.17) is 0 Å². The molecule has 10 rings (SSSR count). The van der Waals surface area contributed by atoms with Crippen molar-refractivity contribution < 1.29 is 0 Å². The highest BCUT2D eigenvalue weighted by molar-refractivity contribution is 9.10. The van der Waals surface area contributed by atoms with Gasteiger partial charge >= 0.3 is 0 Å². The first-order valence-corrected chi connectivity index (χ1v) is 17.7. The van der Waals surface area contributed by atoms with Gasteiger partial charge in [-0.3, -0.25) is 0 Å². The van der Waals surface area contributed by atoms with Crippen LogP contribution in [0.15, 0.2) is 138 Å². The van der Waals surface area contributed by atoms with Gasteiger partial charge in [-0.2, -0.15) is 0 Å². The fraction of sp³-hybridized carbons (Fsp3) is 0.130. The van der Waals surface area contributed by atoms with Gasteiger partial charge in [-0.05, 0) is 108 Å². The van der Waals surface area contributed by atoms with E-state index < -0.39 is 0 Å². The number of anilines is 3. The first-order chi connectivity index (χ1) is 23.2. The van der Waals surface area contributed by atoms with Crippen molar-refractivity contribution >= 4 is 65.3 Å². The van der Waals surface area contributed by atoms with Crippen molar-refractivity contribution in [3.63, 3.8) is 0 Å². The molecule has 8 aromatic rings. The molecule has 48 heavy (non-hydrogen) atoms. The van der Waals surface area contributed by atoms with Gasteiger partial charge in [0, 0.05) is 32.1 Å². The Balaban J connectivity index is 1.26. The summed E-state index contributed by atoms with van der Waals surface area (Å²) >= 11 is 3.85.